The van der Waals surface area contributed by atoms with Crippen molar-refractivity contribution in [1.29, 1.82) is 0 Å². The van der Waals surface area contributed by atoms with Crippen LogP contribution in [0.1, 0.15) is 15.2 Å². The summed E-state index contributed by atoms with van der Waals surface area (Å²) in [7, 11) is 2.16. The van der Waals surface area contributed by atoms with E-state index in [1.165, 1.54) is 17.0 Å². The van der Waals surface area contributed by atoms with Crippen molar-refractivity contribution in [2.75, 3.05) is 38.1 Å². The van der Waals surface area contributed by atoms with Gasteiger partial charge in [-0.1, -0.05) is 18.2 Å². The fourth-order valence-corrected chi connectivity index (χ4v) is 3.21. The normalized spacial score (nSPS) is 15.8. The molecule has 2 aromatic rings. The minimum atomic E-state index is -0.00172. The molecule has 1 amide bonds. The van der Waals surface area contributed by atoms with E-state index in [2.05, 4.69) is 46.4 Å². The number of piperazine rings is 1. The zero-order valence-electron chi connectivity index (χ0n) is 12.8. The first-order valence-corrected chi connectivity index (χ1v) is 8.44. The molecule has 0 saturated carbocycles. The van der Waals surface area contributed by atoms with Gasteiger partial charge in [0.1, 0.15) is 0 Å². The van der Waals surface area contributed by atoms with Crippen molar-refractivity contribution in [2.24, 2.45) is 0 Å². The third-order valence-corrected chi connectivity index (χ3v) is 4.87. The second kappa shape index (κ2) is 6.94. The van der Waals surface area contributed by atoms with E-state index < -0.39 is 0 Å². The largest absolute Gasteiger partial charge is 0.369 e. The standard InChI is InChI=1S/C17H21N3OS/c1-19-8-10-20(11-9-19)15-6-4-14(5-7-15)13-18-17(21)16-3-2-12-22-16/h2-7,12H,8-11,13H2,1H3,(H,18,21). The quantitative estimate of drug-likeness (QED) is 0.941. The highest BCUT2D eigenvalue weighted by Gasteiger charge is 2.14. The van der Waals surface area contributed by atoms with Crippen LogP contribution in [0.4, 0.5) is 5.69 Å². The summed E-state index contributed by atoms with van der Waals surface area (Å²) in [6.07, 6.45) is 0. The molecule has 0 atom stereocenters. The Morgan fingerprint density at radius 1 is 1.14 bits per heavy atom. The van der Waals surface area contributed by atoms with Crippen molar-refractivity contribution >= 4 is 22.9 Å². The second-order valence-electron chi connectivity index (χ2n) is 5.62. The zero-order valence-corrected chi connectivity index (χ0v) is 13.6. The molecule has 0 bridgehead atoms. The van der Waals surface area contributed by atoms with Crippen LogP contribution in [0, 0.1) is 0 Å². The highest BCUT2D eigenvalue weighted by atomic mass is 32.1. The topological polar surface area (TPSA) is 35.6 Å². The van der Waals surface area contributed by atoms with Crippen molar-refractivity contribution in [2.45, 2.75) is 6.54 Å². The lowest BCUT2D eigenvalue weighted by atomic mass is 10.1. The Morgan fingerprint density at radius 2 is 1.86 bits per heavy atom. The number of carbonyl (C=O) groups is 1. The smallest absolute Gasteiger partial charge is 0.261 e. The number of nitrogens with zero attached hydrogens (tertiary/aromatic N) is 2. The molecule has 0 aliphatic carbocycles. The van der Waals surface area contributed by atoms with Gasteiger partial charge in [-0.3, -0.25) is 4.79 Å². The number of amides is 1. The lowest BCUT2D eigenvalue weighted by Gasteiger charge is -2.34. The fourth-order valence-electron chi connectivity index (χ4n) is 2.57. The van der Waals surface area contributed by atoms with Gasteiger partial charge in [0.25, 0.3) is 5.91 Å². The predicted octanol–water partition coefficient (Wildman–Crippen LogP) is 2.43. The van der Waals surface area contributed by atoms with E-state index in [-0.39, 0.29) is 5.91 Å². The molecule has 1 N–H and O–H groups in total. The summed E-state index contributed by atoms with van der Waals surface area (Å²) < 4.78 is 0. The number of rotatable bonds is 4. The first-order chi connectivity index (χ1) is 10.7. The SMILES string of the molecule is CN1CCN(c2ccc(CNC(=O)c3cccs3)cc2)CC1. The Morgan fingerprint density at radius 3 is 2.50 bits per heavy atom. The van der Waals surface area contributed by atoms with Crippen LogP contribution >= 0.6 is 11.3 Å². The zero-order chi connectivity index (χ0) is 15.4. The van der Waals surface area contributed by atoms with E-state index in [1.54, 1.807) is 0 Å². The molecule has 1 aromatic carbocycles. The number of nitrogens with one attached hydrogen (secondary N) is 1. The number of anilines is 1. The maximum atomic E-state index is 11.9. The molecule has 116 valence electrons. The minimum absolute atomic E-state index is 0.00172. The highest BCUT2D eigenvalue weighted by Crippen LogP contribution is 2.17. The van der Waals surface area contributed by atoms with Crippen molar-refractivity contribution in [1.82, 2.24) is 10.2 Å². The molecule has 2 heterocycles. The van der Waals surface area contributed by atoms with E-state index in [0.717, 1.165) is 36.6 Å². The van der Waals surface area contributed by atoms with Crippen LogP contribution in [-0.2, 0) is 6.54 Å². The Balaban J connectivity index is 1.54. The molecule has 1 aliphatic heterocycles. The highest BCUT2D eigenvalue weighted by molar-refractivity contribution is 7.12. The summed E-state index contributed by atoms with van der Waals surface area (Å²) in [6, 6.07) is 12.2. The fraction of sp³-hybridized carbons (Fsp3) is 0.353. The van der Waals surface area contributed by atoms with Crippen molar-refractivity contribution < 1.29 is 4.79 Å². The maximum Gasteiger partial charge on any atom is 0.261 e. The molecule has 1 saturated heterocycles. The van der Waals surface area contributed by atoms with E-state index in [4.69, 9.17) is 0 Å². The predicted molar refractivity (Wildman–Crippen MR) is 91.6 cm³/mol. The molecule has 0 spiro atoms. The van der Waals surface area contributed by atoms with Crippen LogP contribution in [0.5, 0.6) is 0 Å². The van der Waals surface area contributed by atoms with Crippen LogP contribution in [0.25, 0.3) is 0 Å². The molecule has 1 aliphatic rings. The van der Waals surface area contributed by atoms with Crippen LogP contribution in [0.2, 0.25) is 0 Å². The number of likely N-dealkylation sites (N-methyl/N-ethyl adjacent to an activating group) is 1. The van der Waals surface area contributed by atoms with Crippen molar-refractivity contribution in [3.63, 3.8) is 0 Å². The molecule has 5 heteroatoms. The Hall–Kier alpha value is -1.85. The van der Waals surface area contributed by atoms with Crippen LogP contribution in [-0.4, -0.2) is 44.0 Å². The number of benzene rings is 1. The first-order valence-electron chi connectivity index (χ1n) is 7.56. The van der Waals surface area contributed by atoms with Gasteiger partial charge < -0.3 is 15.1 Å². The minimum Gasteiger partial charge on any atom is -0.369 e. The molecule has 0 radical (unpaired) electrons. The Bertz CT molecular complexity index is 601. The maximum absolute atomic E-state index is 11.9. The third-order valence-electron chi connectivity index (χ3n) is 4.00. The third kappa shape index (κ3) is 3.67. The van der Waals surface area contributed by atoms with Gasteiger partial charge in [0.2, 0.25) is 0 Å². The summed E-state index contributed by atoms with van der Waals surface area (Å²) in [5, 5.41) is 4.87. The van der Waals surface area contributed by atoms with Gasteiger partial charge in [0.15, 0.2) is 0 Å². The first kappa shape index (κ1) is 15.1. The molecule has 22 heavy (non-hydrogen) atoms. The van der Waals surface area contributed by atoms with E-state index in [1.807, 2.05) is 17.5 Å². The van der Waals surface area contributed by atoms with Crippen LogP contribution < -0.4 is 10.2 Å². The molecular formula is C17H21N3OS. The summed E-state index contributed by atoms with van der Waals surface area (Å²) in [4.78, 5) is 17.4. The van der Waals surface area contributed by atoms with Gasteiger partial charge in [-0.05, 0) is 36.2 Å². The summed E-state index contributed by atoms with van der Waals surface area (Å²) in [6.45, 7) is 4.94. The molecule has 4 nitrogen and oxygen atoms in total. The molecule has 0 unspecified atom stereocenters. The van der Waals surface area contributed by atoms with E-state index >= 15 is 0 Å². The van der Waals surface area contributed by atoms with Crippen molar-refractivity contribution in [3.8, 4) is 0 Å². The van der Waals surface area contributed by atoms with Gasteiger partial charge in [-0.15, -0.1) is 11.3 Å². The van der Waals surface area contributed by atoms with Gasteiger partial charge >= 0.3 is 0 Å². The number of hydrogen-bond acceptors (Lipinski definition) is 4. The average Bonchev–Trinajstić information content (AvgIpc) is 3.08. The van der Waals surface area contributed by atoms with Gasteiger partial charge in [-0.2, -0.15) is 0 Å². The monoisotopic (exact) mass is 315 g/mol. The van der Waals surface area contributed by atoms with Gasteiger partial charge in [0.05, 0.1) is 4.88 Å². The van der Waals surface area contributed by atoms with Gasteiger partial charge in [-0.25, -0.2) is 0 Å². The molecule has 1 aromatic heterocycles. The van der Waals surface area contributed by atoms with Crippen LogP contribution in [0.15, 0.2) is 41.8 Å². The van der Waals surface area contributed by atoms with E-state index in [9.17, 15) is 4.79 Å². The number of thiophene rings is 1. The lowest BCUT2D eigenvalue weighted by molar-refractivity contribution is 0.0955. The second-order valence-corrected chi connectivity index (χ2v) is 6.56. The molecular weight excluding hydrogens is 294 g/mol. The summed E-state index contributed by atoms with van der Waals surface area (Å²) >= 11 is 1.46. The average molecular weight is 315 g/mol. The summed E-state index contributed by atoms with van der Waals surface area (Å²) in [5.74, 6) is -0.00172. The lowest BCUT2D eigenvalue weighted by Crippen LogP contribution is -2.44. The Labute approximate surface area is 135 Å². The summed E-state index contributed by atoms with van der Waals surface area (Å²) in [5.41, 5.74) is 2.39. The van der Waals surface area contributed by atoms with Crippen LogP contribution in [0.3, 0.4) is 0 Å². The van der Waals surface area contributed by atoms with E-state index in [0.29, 0.717) is 6.54 Å². The number of hydrogen-bond donors (Lipinski definition) is 1. The van der Waals surface area contributed by atoms with Crippen molar-refractivity contribution in [3.05, 3.63) is 52.2 Å². The molecule has 3 rings (SSSR count). The molecule has 1 fully saturated rings. The number of carbonyl (C=O) groups excluding carboxylic acids is 1. The van der Waals surface area contributed by atoms with Gasteiger partial charge in [0, 0.05) is 38.4 Å². The Kier molecular flexibility index (Phi) is 4.75.